The predicted molar refractivity (Wildman–Crippen MR) is 94.8 cm³/mol. The number of carbonyl (C=O) groups excluding carboxylic acids is 1. The van der Waals surface area contributed by atoms with Gasteiger partial charge in [-0.1, -0.05) is 12.1 Å². The fourth-order valence-electron chi connectivity index (χ4n) is 2.10. The van der Waals surface area contributed by atoms with E-state index in [4.69, 9.17) is 9.47 Å². The van der Waals surface area contributed by atoms with Crippen LogP contribution in [0, 0.1) is 13.8 Å². The Balaban J connectivity index is 1.90. The number of methoxy groups -OCH3 is 1. The quantitative estimate of drug-likeness (QED) is 0.655. The lowest BCUT2D eigenvalue weighted by Crippen LogP contribution is -2.25. The molecule has 0 saturated carbocycles. The maximum absolute atomic E-state index is 11.9. The molecule has 0 radical (unpaired) electrons. The van der Waals surface area contributed by atoms with Crippen molar-refractivity contribution in [1.29, 1.82) is 0 Å². The molecule has 5 heteroatoms. The number of carbonyl (C=O) groups is 1. The monoisotopic (exact) mass is 326 g/mol. The highest BCUT2D eigenvalue weighted by Gasteiger charge is 2.06. The Morgan fingerprint density at radius 1 is 1.12 bits per heavy atom. The zero-order chi connectivity index (χ0) is 17.5. The van der Waals surface area contributed by atoms with E-state index < -0.39 is 0 Å². The van der Waals surface area contributed by atoms with Crippen LogP contribution < -0.4 is 14.9 Å². The molecule has 1 N–H and O–H groups in total. The van der Waals surface area contributed by atoms with E-state index in [9.17, 15) is 4.79 Å². The van der Waals surface area contributed by atoms with Crippen LogP contribution >= 0.6 is 0 Å². The molecule has 0 atom stereocenters. The van der Waals surface area contributed by atoms with Crippen molar-refractivity contribution < 1.29 is 14.3 Å². The van der Waals surface area contributed by atoms with Crippen molar-refractivity contribution in [2.75, 3.05) is 13.7 Å². The molecule has 2 aromatic carbocycles. The molecule has 0 heterocycles. The van der Waals surface area contributed by atoms with Gasteiger partial charge in [-0.25, -0.2) is 5.43 Å². The van der Waals surface area contributed by atoms with Gasteiger partial charge in [0.1, 0.15) is 11.5 Å². The Morgan fingerprint density at radius 3 is 2.50 bits per heavy atom. The Kier molecular flexibility index (Phi) is 5.95. The summed E-state index contributed by atoms with van der Waals surface area (Å²) in [6, 6.07) is 13.2. The van der Waals surface area contributed by atoms with Crippen LogP contribution in [0.4, 0.5) is 0 Å². The molecule has 2 aromatic rings. The molecular formula is C19H22N2O3. The van der Waals surface area contributed by atoms with Gasteiger partial charge in [0.25, 0.3) is 5.91 Å². The summed E-state index contributed by atoms with van der Waals surface area (Å²) in [5, 5.41) is 4.10. The second-order valence-electron chi connectivity index (χ2n) is 5.45. The van der Waals surface area contributed by atoms with Crippen LogP contribution in [0.2, 0.25) is 0 Å². The Morgan fingerprint density at radius 2 is 1.83 bits per heavy atom. The number of benzene rings is 2. The zero-order valence-electron chi connectivity index (χ0n) is 14.4. The van der Waals surface area contributed by atoms with Crippen molar-refractivity contribution in [1.82, 2.24) is 5.43 Å². The van der Waals surface area contributed by atoms with Gasteiger partial charge in [0.15, 0.2) is 6.61 Å². The molecule has 0 spiro atoms. The molecule has 24 heavy (non-hydrogen) atoms. The van der Waals surface area contributed by atoms with E-state index in [1.165, 1.54) is 0 Å². The van der Waals surface area contributed by atoms with Gasteiger partial charge in [-0.2, -0.15) is 5.10 Å². The number of amides is 1. The van der Waals surface area contributed by atoms with Crippen molar-refractivity contribution in [2.45, 2.75) is 20.8 Å². The fourth-order valence-corrected chi connectivity index (χ4v) is 2.10. The van der Waals surface area contributed by atoms with E-state index in [0.717, 1.165) is 22.4 Å². The van der Waals surface area contributed by atoms with Crippen LogP contribution in [0.5, 0.6) is 11.5 Å². The van der Waals surface area contributed by atoms with Gasteiger partial charge in [-0.3, -0.25) is 4.79 Å². The molecule has 2 rings (SSSR count). The summed E-state index contributed by atoms with van der Waals surface area (Å²) >= 11 is 0. The number of ether oxygens (including phenoxy) is 2. The van der Waals surface area contributed by atoms with Crippen LogP contribution in [0.25, 0.3) is 0 Å². The third-order valence-corrected chi connectivity index (χ3v) is 3.77. The van der Waals surface area contributed by atoms with Gasteiger partial charge in [0.05, 0.1) is 12.8 Å². The van der Waals surface area contributed by atoms with Crippen LogP contribution in [-0.2, 0) is 4.79 Å². The SMILES string of the molecule is COc1ccc(/C(C)=N/NC(=O)COc2cccc(C)c2C)cc1. The lowest BCUT2D eigenvalue weighted by molar-refractivity contribution is -0.123. The van der Waals surface area contributed by atoms with Crippen molar-refractivity contribution in [3.63, 3.8) is 0 Å². The summed E-state index contributed by atoms with van der Waals surface area (Å²) in [4.78, 5) is 11.9. The first kappa shape index (κ1) is 17.5. The standard InChI is InChI=1S/C19H22N2O3/c1-13-6-5-7-18(14(13)2)24-12-19(22)21-20-15(3)16-8-10-17(23-4)11-9-16/h5-11H,12H2,1-4H3,(H,21,22)/b20-15+. The average molecular weight is 326 g/mol. The maximum atomic E-state index is 11.9. The largest absolute Gasteiger partial charge is 0.497 e. The van der Waals surface area contributed by atoms with Gasteiger partial charge in [-0.15, -0.1) is 0 Å². The second kappa shape index (κ2) is 8.15. The highest BCUT2D eigenvalue weighted by atomic mass is 16.5. The lowest BCUT2D eigenvalue weighted by atomic mass is 10.1. The van der Waals surface area contributed by atoms with Crippen molar-refractivity contribution in [3.05, 3.63) is 59.2 Å². The summed E-state index contributed by atoms with van der Waals surface area (Å²) < 4.78 is 10.7. The van der Waals surface area contributed by atoms with Crippen molar-refractivity contribution in [3.8, 4) is 11.5 Å². The predicted octanol–water partition coefficient (Wildman–Crippen LogP) is 3.23. The molecule has 0 saturated heterocycles. The van der Waals surface area contributed by atoms with Crippen LogP contribution in [0.1, 0.15) is 23.6 Å². The third-order valence-electron chi connectivity index (χ3n) is 3.77. The lowest BCUT2D eigenvalue weighted by Gasteiger charge is -2.10. The summed E-state index contributed by atoms with van der Waals surface area (Å²) in [5.74, 6) is 1.18. The number of rotatable bonds is 6. The highest BCUT2D eigenvalue weighted by molar-refractivity contribution is 5.99. The Hall–Kier alpha value is -2.82. The van der Waals surface area contributed by atoms with Crippen molar-refractivity contribution in [2.24, 2.45) is 5.10 Å². The van der Waals surface area contributed by atoms with Gasteiger partial charge >= 0.3 is 0 Å². The molecule has 126 valence electrons. The molecule has 0 aliphatic heterocycles. The highest BCUT2D eigenvalue weighted by Crippen LogP contribution is 2.20. The van der Waals surface area contributed by atoms with Gasteiger partial charge in [0.2, 0.25) is 0 Å². The van der Waals surface area contributed by atoms with E-state index >= 15 is 0 Å². The number of aryl methyl sites for hydroxylation is 1. The van der Waals surface area contributed by atoms with E-state index in [1.54, 1.807) is 7.11 Å². The average Bonchev–Trinajstić information content (AvgIpc) is 2.61. The first-order valence-electron chi connectivity index (χ1n) is 7.68. The third kappa shape index (κ3) is 4.59. The smallest absolute Gasteiger partial charge is 0.277 e. The molecule has 5 nitrogen and oxygen atoms in total. The van der Waals surface area contributed by atoms with Crippen LogP contribution in [0.15, 0.2) is 47.6 Å². The molecule has 0 unspecified atom stereocenters. The molecule has 0 bridgehead atoms. The minimum absolute atomic E-state index is 0.0797. The molecule has 0 aromatic heterocycles. The number of hydrogen-bond acceptors (Lipinski definition) is 4. The first-order chi connectivity index (χ1) is 11.5. The number of hydrogen-bond donors (Lipinski definition) is 1. The topological polar surface area (TPSA) is 59.9 Å². The molecule has 0 aliphatic carbocycles. The maximum Gasteiger partial charge on any atom is 0.277 e. The summed E-state index contributed by atoms with van der Waals surface area (Å²) in [6.45, 7) is 5.72. The van der Waals surface area contributed by atoms with E-state index in [0.29, 0.717) is 11.5 Å². The summed E-state index contributed by atoms with van der Waals surface area (Å²) in [6.07, 6.45) is 0. The van der Waals surface area contributed by atoms with E-state index in [-0.39, 0.29) is 12.5 Å². The molecule has 1 amide bonds. The minimum atomic E-state index is -0.302. The minimum Gasteiger partial charge on any atom is -0.497 e. The number of nitrogens with one attached hydrogen (secondary N) is 1. The normalized spacial score (nSPS) is 11.1. The van der Waals surface area contributed by atoms with Crippen molar-refractivity contribution >= 4 is 11.6 Å². The summed E-state index contributed by atoms with van der Waals surface area (Å²) in [7, 11) is 1.62. The second-order valence-corrected chi connectivity index (χ2v) is 5.45. The Labute approximate surface area is 142 Å². The van der Waals surface area contributed by atoms with Gasteiger partial charge in [0, 0.05) is 0 Å². The summed E-state index contributed by atoms with van der Waals surface area (Å²) in [5.41, 5.74) is 6.28. The van der Waals surface area contributed by atoms with Gasteiger partial charge in [-0.05, 0) is 67.8 Å². The molecular weight excluding hydrogens is 304 g/mol. The van der Waals surface area contributed by atoms with E-state index in [2.05, 4.69) is 10.5 Å². The number of nitrogens with zero attached hydrogens (tertiary/aromatic N) is 1. The van der Waals surface area contributed by atoms with Crippen LogP contribution in [-0.4, -0.2) is 25.3 Å². The molecule has 0 aliphatic rings. The Bertz CT molecular complexity index is 737. The van der Waals surface area contributed by atoms with Gasteiger partial charge < -0.3 is 9.47 Å². The molecule has 0 fully saturated rings. The van der Waals surface area contributed by atoms with Crippen LogP contribution in [0.3, 0.4) is 0 Å². The first-order valence-corrected chi connectivity index (χ1v) is 7.68. The zero-order valence-corrected chi connectivity index (χ0v) is 14.4. The fraction of sp³-hybridized carbons (Fsp3) is 0.263. The van der Waals surface area contributed by atoms with E-state index in [1.807, 2.05) is 63.2 Å². The number of hydrazone groups is 1.